The van der Waals surface area contributed by atoms with E-state index >= 15 is 0 Å². The summed E-state index contributed by atoms with van der Waals surface area (Å²) >= 11 is 0. The number of carbonyl (C=O) groups is 3. The second kappa shape index (κ2) is 14.0. The molecule has 49 heavy (non-hydrogen) atoms. The number of rotatable bonds is 9. The standard InChI is InChI=1S/C38H36N4O7/c1-24-33(20-41-23-39-30-12-5-6-13-32(30)41)48-37(49-35(24)27-16-14-25(21-43)15-17-27)28-10-7-11-29(18-28)42-34(44)19-31(36(42)45)40-38(46)47-22-26-8-3-2-4-9-26/h2-18,23-24,31,33,35,37,43H,19-22H2,1H3,(H,40,46). The zero-order valence-electron chi connectivity index (χ0n) is 26.8. The number of nitrogens with zero attached hydrogens (tertiary/aromatic N) is 3. The molecule has 11 nitrogen and oxygen atoms in total. The predicted molar refractivity (Wildman–Crippen MR) is 180 cm³/mol. The van der Waals surface area contributed by atoms with Crippen molar-refractivity contribution in [3.8, 4) is 0 Å². The molecule has 5 aromatic rings. The highest BCUT2D eigenvalue weighted by molar-refractivity contribution is 6.22. The van der Waals surface area contributed by atoms with Crippen LogP contribution in [0.25, 0.3) is 11.0 Å². The zero-order valence-corrected chi connectivity index (χ0v) is 26.8. The fourth-order valence-corrected chi connectivity index (χ4v) is 6.41. The van der Waals surface area contributed by atoms with Gasteiger partial charge in [-0.05, 0) is 41.0 Å². The summed E-state index contributed by atoms with van der Waals surface area (Å²) in [7, 11) is 0. The van der Waals surface area contributed by atoms with E-state index in [4.69, 9.17) is 14.2 Å². The van der Waals surface area contributed by atoms with E-state index in [0.29, 0.717) is 17.8 Å². The Balaban J connectivity index is 1.11. The molecule has 2 aliphatic rings. The quantitative estimate of drug-likeness (QED) is 0.196. The average molecular weight is 661 g/mol. The molecule has 2 fully saturated rings. The van der Waals surface area contributed by atoms with Crippen molar-refractivity contribution in [2.45, 2.75) is 57.6 Å². The number of nitrogens with one attached hydrogen (secondary N) is 1. The van der Waals surface area contributed by atoms with Crippen LogP contribution in [-0.2, 0) is 43.6 Å². The number of imide groups is 1. The number of para-hydroxylation sites is 2. The van der Waals surface area contributed by atoms with Gasteiger partial charge in [-0.25, -0.2) is 14.7 Å². The molecule has 0 saturated carbocycles. The molecule has 7 rings (SSSR count). The minimum atomic E-state index is -1.05. The Labute approximate surface area is 283 Å². The van der Waals surface area contributed by atoms with Crippen LogP contribution in [0.1, 0.15) is 48.0 Å². The van der Waals surface area contributed by atoms with E-state index in [9.17, 15) is 19.5 Å². The van der Waals surface area contributed by atoms with Gasteiger partial charge in [0.25, 0.3) is 5.91 Å². The van der Waals surface area contributed by atoms with Gasteiger partial charge in [0.05, 0.1) is 54.8 Å². The van der Waals surface area contributed by atoms with Crippen LogP contribution in [0.2, 0.25) is 0 Å². The number of anilines is 1. The molecular weight excluding hydrogens is 624 g/mol. The van der Waals surface area contributed by atoms with Crippen LogP contribution in [-0.4, -0.2) is 44.7 Å². The van der Waals surface area contributed by atoms with Crippen molar-refractivity contribution in [1.82, 2.24) is 14.9 Å². The molecule has 3 heterocycles. The number of aliphatic hydroxyl groups excluding tert-OH is 1. The average Bonchev–Trinajstić information content (AvgIpc) is 3.67. The maximum Gasteiger partial charge on any atom is 0.408 e. The Morgan fingerprint density at radius 1 is 0.918 bits per heavy atom. The molecule has 0 aliphatic carbocycles. The van der Waals surface area contributed by atoms with E-state index in [1.54, 1.807) is 18.2 Å². The number of amides is 3. The number of carbonyl (C=O) groups excluding carboxylic acids is 3. The summed E-state index contributed by atoms with van der Waals surface area (Å²) in [6.07, 6.45) is -0.645. The van der Waals surface area contributed by atoms with Gasteiger partial charge in [0.15, 0.2) is 6.29 Å². The molecule has 0 radical (unpaired) electrons. The second-order valence-electron chi connectivity index (χ2n) is 12.3. The highest BCUT2D eigenvalue weighted by Gasteiger charge is 2.42. The number of aliphatic hydroxyl groups is 1. The third-order valence-electron chi connectivity index (χ3n) is 9.08. The van der Waals surface area contributed by atoms with E-state index in [1.807, 2.05) is 91.3 Å². The summed E-state index contributed by atoms with van der Waals surface area (Å²) in [5.74, 6) is -1.07. The van der Waals surface area contributed by atoms with Crippen LogP contribution in [0.4, 0.5) is 10.5 Å². The van der Waals surface area contributed by atoms with Gasteiger partial charge in [0, 0.05) is 11.5 Å². The van der Waals surface area contributed by atoms with Crippen LogP contribution >= 0.6 is 0 Å². The minimum Gasteiger partial charge on any atom is -0.445 e. The zero-order chi connectivity index (χ0) is 33.9. The van der Waals surface area contributed by atoms with E-state index in [-0.39, 0.29) is 37.8 Å². The fourth-order valence-electron chi connectivity index (χ4n) is 6.41. The number of benzene rings is 4. The molecule has 2 saturated heterocycles. The van der Waals surface area contributed by atoms with Gasteiger partial charge in [0.1, 0.15) is 12.6 Å². The molecule has 1 aromatic heterocycles. The van der Waals surface area contributed by atoms with Gasteiger partial charge in [-0.15, -0.1) is 0 Å². The Kier molecular flexibility index (Phi) is 9.21. The minimum absolute atomic E-state index is 0.0396. The van der Waals surface area contributed by atoms with Gasteiger partial charge in [0.2, 0.25) is 5.91 Å². The molecule has 0 spiro atoms. The Hall–Kier alpha value is -5.36. The molecule has 0 bridgehead atoms. The summed E-state index contributed by atoms with van der Waals surface area (Å²) in [5, 5.41) is 12.1. The SMILES string of the molecule is CC1C(Cn2cnc3ccccc32)OC(c2cccc(N3C(=O)CC(NC(=O)OCc4ccccc4)C3=O)c2)OC1c1ccc(CO)cc1. The van der Waals surface area contributed by atoms with Crippen molar-refractivity contribution >= 4 is 34.6 Å². The highest BCUT2D eigenvalue weighted by atomic mass is 16.7. The number of hydrogen-bond acceptors (Lipinski definition) is 8. The molecule has 5 atom stereocenters. The molecular formula is C38H36N4O7. The van der Waals surface area contributed by atoms with E-state index in [0.717, 1.165) is 32.6 Å². The lowest BCUT2D eigenvalue weighted by Gasteiger charge is -2.41. The van der Waals surface area contributed by atoms with Crippen LogP contribution in [0.15, 0.2) is 109 Å². The highest BCUT2D eigenvalue weighted by Crippen LogP contribution is 2.43. The molecule has 11 heteroatoms. The lowest BCUT2D eigenvalue weighted by Crippen LogP contribution is -2.42. The first-order valence-corrected chi connectivity index (χ1v) is 16.2. The molecule has 5 unspecified atom stereocenters. The Bertz CT molecular complexity index is 1960. The van der Waals surface area contributed by atoms with Crippen molar-refractivity contribution in [2.75, 3.05) is 4.90 Å². The number of imidazole rings is 1. The lowest BCUT2D eigenvalue weighted by atomic mass is 9.90. The Morgan fingerprint density at radius 2 is 1.69 bits per heavy atom. The maximum atomic E-state index is 13.4. The first-order chi connectivity index (χ1) is 23.9. The van der Waals surface area contributed by atoms with Gasteiger partial charge in [-0.2, -0.15) is 0 Å². The second-order valence-corrected chi connectivity index (χ2v) is 12.3. The molecule has 250 valence electrons. The normalized spacial score (nSPS) is 22.4. The number of hydrogen-bond donors (Lipinski definition) is 2. The summed E-state index contributed by atoms with van der Waals surface area (Å²) in [4.78, 5) is 44.7. The molecule has 2 N–H and O–H groups in total. The van der Waals surface area contributed by atoms with Crippen molar-refractivity contribution in [1.29, 1.82) is 0 Å². The third kappa shape index (κ3) is 6.82. The van der Waals surface area contributed by atoms with Gasteiger partial charge in [-0.3, -0.25) is 9.59 Å². The van der Waals surface area contributed by atoms with Crippen molar-refractivity contribution < 1.29 is 33.7 Å². The first kappa shape index (κ1) is 32.2. The topological polar surface area (TPSA) is 132 Å². The molecule has 4 aromatic carbocycles. The lowest BCUT2D eigenvalue weighted by molar-refractivity contribution is -0.276. The largest absolute Gasteiger partial charge is 0.445 e. The van der Waals surface area contributed by atoms with Crippen LogP contribution in [0.5, 0.6) is 0 Å². The van der Waals surface area contributed by atoms with Crippen molar-refractivity contribution in [2.24, 2.45) is 5.92 Å². The van der Waals surface area contributed by atoms with Crippen LogP contribution < -0.4 is 10.2 Å². The molecule has 3 amide bonds. The van der Waals surface area contributed by atoms with Gasteiger partial charge < -0.3 is 29.2 Å². The first-order valence-electron chi connectivity index (χ1n) is 16.2. The number of aromatic nitrogens is 2. The van der Waals surface area contributed by atoms with Crippen molar-refractivity contribution in [3.63, 3.8) is 0 Å². The summed E-state index contributed by atoms with van der Waals surface area (Å²) in [6.45, 7) is 2.58. The number of alkyl carbamates (subject to hydrolysis) is 1. The molecule has 2 aliphatic heterocycles. The van der Waals surface area contributed by atoms with E-state index in [1.165, 1.54) is 0 Å². The summed E-state index contributed by atoms with van der Waals surface area (Å²) in [5.41, 5.74) is 5.39. The van der Waals surface area contributed by atoms with E-state index in [2.05, 4.69) is 21.8 Å². The van der Waals surface area contributed by atoms with Crippen LogP contribution in [0.3, 0.4) is 0 Å². The third-order valence-corrected chi connectivity index (χ3v) is 9.08. The number of ether oxygens (including phenoxy) is 3. The van der Waals surface area contributed by atoms with Crippen LogP contribution in [0, 0.1) is 5.92 Å². The van der Waals surface area contributed by atoms with E-state index < -0.39 is 30.2 Å². The van der Waals surface area contributed by atoms with Gasteiger partial charge >= 0.3 is 6.09 Å². The number of fused-ring (bicyclic) bond motifs is 1. The maximum absolute atomic E-state index is 13.4. The predicted octanol–water partition coefficient (Wildman–Crippen LogP) is 5.58. The Morgan fingerprint density at radius 3 is 2.49 bits per heavy atom. The van der Waals surface area contributed by atoms with Gasteiger partial charge in [-0.1, -0.05) is 85.8 Å². The monoisotopic (exact) mass is 660 g/mol. The fraction of sp³-hybridized carbons (Fsp3) is 0.263. The van der Waals surface area contributed by atoms with Crippen molar-refractivity contribution in [3.05, 3.63) is 132 Å². The summed E-state index contributed by atoms with van der Waals surface area (Å²) < 4.78 is 20.6. The summed E-state index contributed by atoms with van der Waals surface area (Å²) in [6, 6.07) is 30.7. The smallest absolute Gasteiger partial charge is 0.408 e.